The third-order valence-corrected chi connectivity index (χ3v) is 5.23. The van der Waals surface area contributed by atoms with Crippen LogP contribution in [0.3, 0.4) is 0 Å². The Kier molecular flexibility index (Phi) is 4.95. The van der Waals surface area contributed by atoms with Crippen LogP contribution in [0.25, 0.3) is 0 Å². The Hall–Kier alpha value is -2.20. The van der Waals surface area contributed by atoms with Gasteiger partial charge in [-0.05, 0) is 47.9 Å². The van der Waals surface area contributed by atoms with E-state index in [1.807, 2.05) is 30.5 Å². The van der Waals surface area contributed by atoms with Crippen molar-refractivity contribution in [1.82, 2.24) is 0 Å². The summed E-state index contributed by atoms with van der Waals surface area (Å²) in [6.45, 7) is 0. The fourth-order valence-electron chi connectivity index (χ4n) is 3.41. The van der Waals surface area contributed by atoms with E-state index in [2.05, 4.69) is 18.2 Å². The molecule has 24 heavy (non-hydrogen) atoms. The van der Waals surface area contributed by atoms with Gasteiger partial charge < -0.3 is 9.84 Å². The molecular formula is C20H20O3S. The average molecular weight is 340 g/mol. The molecule has 124 valence electrons. The SMILES string of the molecule is COc1ccc(C2/C(=C\C(=O)O)CCc3ccccc32)cc1SC. The first-order valence-corrected chi connectivity index (χ1v) is 9.09. The largest absolute Gasteiger partial charge is 0.496 e. The van der Waals surface area contributed by atoms with Crippen molar-refractivity contribution >= 4 is 17.7 Å². The number of carboxylic acid groups (broad SMARTS) is 1. The summed E-state index contributed by atoms with van der Waals surface area (Å²) in [7, 11) is 1.67. The number of ether oxygens (including phenoxy) is 1. The zero-order valence-corrected chi connectivity index (χ0v) is 14.6. The third kappa shape index (κ3) is 3.20. The van der Waals surface area contributed by atoms with Gasteiger partial charge in [-0.1, -0.05) is 35.9 Å². The van der Waals surface area contributed by atoms with Gasteiger partial charge in [-0.15, -0.1) is 11.8 Å². The van der Waals surface area contributed by atoms with E-state index in [1.54, 1.807) is 18.9 Å². The summed E-state index contributed by atoms with van der Waals surface area (Å²) < 4.78 is 5.41. The second-order valence-electron chi connectivity index (χ2n) is 5.80. The minimum atomic E-state index is -0.881. The van der Waals surface area contributed by atoms with Gasteiger partial charge in [-0.3, -0.25) is 0 Å². The van der Waals surface area contributed by atoms with Gasteiger partial charge in [0.05, 0.1) is 7.11 Å². The Morgan fingerprint density at radius 1 is 1.25 bits per heavy atom. The van der Waals surface area contributed by atoms with E-state index in [4.69, 9.17) is 4.74 Å². The maximum atomic E-state index is 11.3. The number of benzene rings is 2. The van der Waals surface area contributed by atoms with Crippen LogP contribution >= 0.6 is 11.8 Å². The standard InChI is InChI=1S/C20H20O3S/c1-23-17-10-9-14(11-18(17)24-2)20-15(12-19(21)22)8-7-13-5-3-4-6-16(13)20/h3-6,9-12,20H,7-8H2,1-2H3,(H,21,22)/b15-12-. The summed E-state index contributed by atoms with van der Waals surface area (Å²) in [5.74, 6) is -0.0463. The molecule has 1 unspecified atom stereocenters. The highest BCUT2D eigenvalue weighted by Crippen LogP contribution is 2.42. The van der Waals surface area contributed by atoms with Gasteiger partial charge in [-0.25, -0.2) is 4.79 Å². The van der Waals surface area contributed by atoms with Crippen molar-refractivity contribution in [1.29, 1.82) is 0 Å². The summed E-state index contributed by atoms with van der Waals surface area (Å²) in [4.78, 5) is 12.3. The third-order valence-electron chi connectivity index (χ3n) is 4.47. The van der Waals surface area contributed by atoms with Gasteiger partial charge in [0.25, 0.3) is 0 Å². The molecule has 1 atom stereocenters. The van der Waals surface area contributed by atoms with E-state index < -0.39 is 5.97 Å². The molecule has 0 aromatic heterocycles. The molecule has 1 N–H and O–H groups in total. The molecule has 4 heteroatoms. The van der Waals surface area contributed by atoms with E-state index in [-0.39, 0.29) is 5.92 Å². The molecule has 3 rings (SSSR count). The smallest absolute Gasteiger partial charge is 0.328 e. The maximum absolute atomic E-state index is 11.3. The molecule has 0 spiro atoms. The number of aryl methyl sites for hydroxylation is 1. The van der Waals surface area contributed by atoms with Crippen LogP contribution < -0.4 is 4.74 Å². The first kappa shape index (κ1) is 16.7. The average Bonchev–Trinajstić information content (AvgIpc) is 2.60. The lowest BCUT2D eigenvalue weighted by molar-refractivity contribution is -0.131. The van der Waals surface area contributed by atoms with Gasteiger partial charge in [-0.2, -0.15) is 0 Å². The number of hydrogen-bond donors (Lipinski definition) is 1. The first-order chi connectivity index (χ1) is 11.6. The molecule has 2 aromatic rings. The molecule has 0 saturated carbocycles. The van der Waals surface area contributed by atoms with Gasteiger partial charge in [0, 0.05) is 16.9 Å². The van der Waals surface area contributed by atoms with Crippen molar-refractivity contribution in [2.45, 2.75) is 23.7 Å². The molecular weight excluding hydrogens is 320 g/mol. The lowest BCUT2D eigenvalue weighted by Gasteiger charge is -2.29. The number of hydrogen-bond acceptors (Lipinski definition) is 3. The second-order valence-corrected chi connectivity index (χ2v) is 6.65. The van der Waals surface area contributed by atoms with Crippen LogP contribution in [0.2, 0.25) is 0 Å². The van der Waals surface area contributed by atoms with E-state index in [0.29, 0.717) is 0 Å². The van der Waals surface area contributed by atoms with Crippen molar-refractivity contribution in [3.8, 4) is 5.75 Å². The minimum Gasteiger partial charge on any atom is -0.496 e. The zero-order valence-electron chi connectivity index (χ0n) is 13.8. The van der Waals surface area contributed by atoms with Gasteiger partial charge in [0.1, 0.15) is 5.75 Å². The van der Waals surface area contributed by atoms with Crippen LogP contribution in [0.5, 0.6) is 5.75 Å². The summed E-state index contributed by atoms with van der Waals surface area (Å²) >= 11 is 1.63. The van der Waals surface area contributed by atoms with Crippen molar-refractivity contribution in [2.24, 2.45) is 0 Å². The molecule has 2 aromatic carbocycles. The number of allylic oxidation sites excluding steroid dienone is 1. The zero-order chi connectivity index (χ0) is 17.1. The second kappa shape index (κ2) is 7.14. The fourth-order valence-corrected chi connectivity index (χ4v) is 4.01. The Morgan fingerprint density at radius 2 is 2.04 bits per heavy atom. The van der Waals surface area contributed by atoms with Crippen molar-refractivity contribution < 1.29 is 14.6 Å². The molecule has 3 nitrogen and oxygen atoms in total. The minimum absolute atomic E-state index is 0.0112. The van der Waals surface area contributed by atoms with Crippen molar-refractivity contribution in [3.63, 3.8) is 0 Å². The number of methoxy groups -OCH3 is 1. The fraction of sp³-hybridized carbons (Fsp3) is 0.250. The molecule has 0 amide bonds. The molecule has 0 saturated heterocycles. The molecule has 1 aliphatic carbocycles. The van der Waals surface area contributed by atoms with Crippen molar-refractivity contribution in [3.05, 3.63) is 70.8 Å². The van der Waals surface area contributed by atoms with Crippen LogP contribution in [0.1, 0.15) is 29.0 Å². The molecule has 1 aliphatic rings. The molecule has 0 fully saturated rings. The topological polar surface area (TPSA) is 46.5 Å². The number of aliphatic carboxylic acids is 1. The lowest BCUT2D eigenvalue weighted by atomic mass is 9.75. The highest BCUT2D eigenvalue weighted by molar-refractivity contribution is 7.98. The van der Waals surface area contributed by atoms with Crippen molar-refractivity contribution in [2.75, 3.05) is 13.4 Å². The number of thioether (sulfide) groups is 1. The van der Waals surface area contributed by atoms with Gasteiger partial charge >= 0.3 is 5.97 Å². The Balaban J connectivity index is 2.15. The molecule has 0 radical (unpaired) electrons. The summed E-state index contributed by atoms with van der Waals surface area (Å²) in [6, 6.07) is 14.4. The van der Waals surface area contributed by atoms with Crippen LogP contribution in [0, 0.1) is 0 Å². The number of rotatable bonds is 4. The highest BCUT2D eigenvalue weighted by Gasteiger charge is 2.27. The van der Waals surface area contributed by atoms with Gasteiger partial charge in [0.2, 0.25) is 0 Å². The van der Waals surface area contributed by atoms with E-state index in [1.165, 1.54) is 17.2 Å². The van der Waals surface area contributed by atoms with Crippen LogP contribution in [0.15, 0.2) is 59.0 Å². The van der Waals surface area contributed by atoms with Gasteiger partial charge in [0.15, 0.2) is 0 Å². The highest BCUT2D eigenvalue weighted by atomic mass is 32.2. The molecule has 0 bridgehead atoms. The maximum Gasteiger partial charge on any atom is 0.328 e. The normalized spacial score (nSPS) is 18.2. The number of fused-ring (bicyclic) bond motifs is 1. The Bertz CT molecular complexity index is 795. The van der Waals surface area contributed by atoms with Crippen LogP contribution in [0.4, 0.5) is 0 Å². The summed E-state index contributed by atoms with van der Waals surface area (Å²) in [6.07, 6.45) is 5.06. The van der Waals surface area contributed by atoms with E-state index in [9.17, 15) is 9.90 Å². The van der Waals surface area contributed by atoms with Crippen LogP contribution in [-0.4, -0.2) is 24.4 Å². The predicted octanol–water partition coefficient (Wildman–Crippen LogP) is 4.51. The molecule has 0 aliphatic heterocycles. The number of carbonyl (C=O) groups is 1. The monoisotopic (exact) mass is 340 g/mol. The molecule has 0 heterocycles. The van der Waals surface area contributed by atoms with E-state index >= 15 is 0 Å². The Morgan fingerprint density at radius 3 is 2.75 bits per heavy atom. The van der Waals surface area contributed by atoms with Crippen LogP contribution in [-0.2, 0) is 11.2 Å². The lowest BCUT2D eigenvalue weighted by Crippen LogP contribution is -2.15. The quantitative estimate of drug-likeness (QED) is 0.657. The van der Waals surface area contributed by atoms with E-state index in [0.717, 1.165) is 34.6 Å². The first-order valence-electron chi connectivity index (χ1n) is 7.87. The Labute approximate surface area is 146 Å². The summed E-state index contributed by atoms with van der Waals surface area (Å²) in [5, 5.41) is 9.26. The predicted molar refractivity (Wildman–Crippen MR) is 97.1 cm³/mol. The number of carboxylic acids is 1. The summed E-state index contributed by atoms with van der Waals surface area (Å²) in [5.41, 5.74) is 4.57.